The molecule has 37 heavy (non-hydrogen) atoms. The van der Waals surface area contributed by atoms with Gasteiger partial charge in [0, 0.05) is 66.4 Å². The minimum Gasteiger partial charge on any atom is -0.418 e. The largest absolute Gasteiger partial charge is 0.418 e. The molecule has 0 bridgehead atoms. The summed E-state index contributed by atoms with van der Waals surface area (Å²) >= 11 is 7.52. The predicted octanol–water partition coefficient (Wildman–Crippen LogP) is 4.43. The number of nitrogens with one attached hydrogen (secondary N) is 2. The molecule has 10 nitrogen and oxygen atoms in total. The van der Waals surface area contributed by atoms with E-state index in [0.717, 1.165) is 34.4 Å². The molecule has 6 rings (SSSR count). The second-order valence-corrected chi connectivity index (χ2v) is 14.5. The van der Waals surface area contributed by atoms with Gasteiger partial charge in [-0.2, -0.15) is 4.98 Å². The number of nitrogens with zero attached hydrogens (tertiary/aromatic N) is 5. The molecule has 2 aliphatic rings. The SMILES string of the molecule is C[C@@H]1CNc2c(sc3ccc4nc(Oc5nc(Cl)ncc5CN5CCP(C)(=O)CC5)cnc4c23)C(=O)N1. The maximum atomic E-state index is 12.7. The molecule has 13 heteroatoms. The molecule has 3 aromatic heterocycles. The maximum absolute atomic E-state index is 12.7. The first kappa shape index (κ1) is 24.5. The molecule has 0 spiro atoms. The van der Waals surface area contributed by atoms with Crippen molar-refractivity contribution in [1.82, 2.24) is 30.2 Å². The smallest absolute Gasteiger partial charge is 0.263 e. The number of fused-ring (bicyclic) bond motifs is 5. The van der Waals surface area contributed by atoms with Gasteiger partial charge in [0.2, 0.25) is 17.0 Å². The number of benzene rings is 1. The Morgan fingerprint density at radius 3 is 2.84 bits per heavy atom. The summed E-state index contributed by atoms with van der Waals surface area (Å²) in [5, 5.41) is 7.36. The second kappa shape index (κ2) is 9.47. The third-order valence-electron chi connectivity index (χ3n) is 6.68. The summed E-state index contributed by atoms with van der Waals surface area (Å²) in [5.41, 5.74) is 2.89. The molecular weight excluding hydrogens is 533 g/mol. The van der Waals surface area contributed by atoms with Crippen LogP contribution < -0.4 is 15.4 Å². The number of aromatic nitrogens is 4. The monoisotopic (exact) mass is 557 g/mol. The molecule has 1 fully saturated rings. The number of carbonyl (C=O) groups is 1. The van der Waals surface area contributed by atoms with Gasteiger partial charge in [-0.15, -0.1) is 11.3 Å². The Bertz CT molecular complexity index is 1580. The van der Waals surface area contributed by atoms with Crippen molar-refractivity contribution in [3.8, 4) is 11.8 Å². The van der Waals surface area contributed by atoms with E-state index < -0.39 is 7.14 Å². The van der Waals surface area contributed by atoms with Crippen LogP contribution >= 0.6 is 30.1 Å². The van der Waals surface area contributed by atoms with Crippen molar-refractivity contribution < 1.29 is 14.1 Å². The van der Waals surface area contributed by atoms with Gasteiger partial charge in [-0.1, -0.05) is 0 Å². The van der Waals surface area contributed by atoms with Gasteiger partial charge in [0.05, 0.1) is 30.1 Å². The fourth-order valence-electron chi connectivity index (χ4n) is 4.62. The van der Waals surface area contributed by atoms with E-state index in [0.29, 0.717) is 47.2 Å². The molecule has 0 unspecified atom stereocenters. The highest BCUT2D eigenvalue weighted by Gasteiger charge is 2.27. The van der Waals surface area contributed by atoms with Gasteiger partial charge in [-0.3, -0.25) is 9.69 Å². The van der Waals surface area contributed by atoms with Crippen LogP contribution in [0.15, 0.2) is 24.5 Å². The Kier molecular flexibility index (Phi) is 6.27. The van der Waals surface area contributed by atoms with Gasteiger partial charge < -0.3 is 19.9 Å². The lowest BCUT2D eigenvalue weighted by atomic mass is 10.1. The van der Waals surface area contributed by atoms with Gasteiger partial charge in [0.1, 0.15) is 4.88 Å². The van der Waals surface area contributed by atoms with E-state index in [9.17, 15) is 9.36 Å². The molecule has 1 atom stereocenters. The Balaban J connectivity index is 1.32. The van der Waals surface area contributed by atoms with Crippen molar-refractivity contribution in [2.24, 2.45) is 0 Å². The number of amides is 1. The molecule has 0 saturated carbocycles. The summed E-state index contributed by atoms with van der Waals surface area (Å²) in [6.45, 7) is 6.51. The summed E-state index contributed by atoms with van der Waals surface area (Å²) in [5.74, 6) is 0.510. The maximum Gasteiger partial charge on any atom is 0.263 e. The van der Waals surface area contributed by atoms with E-state index in [1.54, 1.807) is 12.4 Å². The highest BCUT2D eigenvalue weighted by molar-refractivity contribution is 7.63. The lowest BCUT2D eigenvalue weighted by molar-refractivity contribution is 0.0949. The van der Waals surface area contributed by atoms with E-state index in [-0.39, 0.29) is 23.1 Å². The number of anilines is 1. The van der Waals surface area contributed by atoms with Crippen LogP contribution in [-0.2, 0) is 11.1 Å². The van der Waals surface area contributed by atoms with E-state index >= 15 is 0 Å². The highest BCUT2D eigenvalue weighted by Crippen LogP contribution is 2.43. The van der Waals surface area contributed by atoms with E-state index in [2.05, 4.69) is 35.5 Å². The first-order valence-electron chi connectivity index (χ1n) is 12.0. The topological polar surface area (TPSA) is 122 Å². The summed E-state index contributed by atoms with van der Waals surface area (Å²) in [7, 11) is -2.03. The summed E-state index contributed by atoms with van der Waals surface area (Å²) in [4.78, 5) is 33.3. The van der Waals surface area contributed by atoms with E-state index in [1.165, 1.54) is 11.3 Å². The van der Waals surface area contributed by atoms with Crippen LogP contribution in [0.5, 0.6) is 11.8 Å². The van der Waals surface area contributed by atoms with Crippen LogP contribution in [0.1, 0.15) is 22.2 Å². The van der Waals surface area contributed by atoms with Crippen molar-refractivity contribution in [2.45, 2.75) is 19.5 Å². The fourth-order valence-corrected chi connectivity index (χ4v) is 7.47. The zero-order valence-electron chi connectivity index (χ0n) is 20.3. The molecule has 5 heterocycles. The number of carbonyl (C=O) groups excluding carboxylic acids is 1. The van der Waals surface area contributed by atoms with Crippen molar-refractivity contribution in [2.75, 3.05) is 43.9 Å². The Hall–Kier alpha value is -2.85. The molecule has 2 aliphatic heterocycles. The summed E-state index contributed by atoms with van der Waals surface area (Å²) in [6, 6.07) is 3.84. The zero-order valence-corrected chi connectivity index (χ0v) is 22.8. The molecule has 1 saturated heterocycles. The minimum atomic E-state index is -2.03. The van der Waals surface area contributed by atoms with Gasteiger partial charge in [-0.25, -0.2) is 15.0 Å². The van der Waals surface area contributed by atoms with Crippen LogP contribution in [0.25, 0.3) is 21.1 Å². The van der Waals surface area contributed by atoms with E-state index in [1.807, 2.05) is 25.7 Å². The standard InChI is InChI=1S/C24H25ClN7O3PS/c1-13-9-26-20-18-16(37-21(20)22(33)29-13)4-3-15-19(18)27-11-17(30-15)35-23-14(10-28-24(25)31-23)12-32-5-7-36(2,34)8-6-32/h3-4,10-11,13,26H,5-9,12H2,1-2H3,(H,29,33)/t13-/m1/s1. The number of halogens is 1. The third kappa shape index (κ3) is 4.88. The lowest BCUT2D eigenvalue weighted by Gasteiger charge is -2.30. The normalized spacial score (nSPS) is 19.8. The van der Waals surface area contributed by atoms with Crippen LogP contribution in [0.2, 0.25) is 5.28 Å². The molecule has 0 radical (unpaired) electrons. The van der Waals surface area contributed by atoms with Gasteiger partial charge in [0.15, 0.2) is 0 Å². The number of rotatable bonds is 4. The molecule has 1 amide bonds. The van der Waals surface area contributed by atoms with Crippen LogP contribution in [0.3, 0.4) is 0 Å². The van der Waals surface area contributed by atoms with Gasteiger partial charge in [-0.05, 0) is 37.3 Å². The highest BCUT2D eigenvalue weighted by atomic mass is 35.5. The molecule has 4 aromatic rings. The lowest BCUT2D eigenvalue weighted by Crippen LogP contribution is -2.34. The van der Waals surface area contributed by atoms with Crippen LogP contribution in [0.4, 0.5) is 5.69 Å². The Labute approximate surface area is 222 Å². The number of hydrogen-bond donors (Lipinski definition) is 2. The van der Waals surface area contributed by atoms with Crippen molar-refractivity contribution in [1.29, 1.82) is 0 Å². The minimum absolute atomic E-state index is 0.0218. The molecule has 1 aromatic carbocycles. The van der Waals surface area contributed by atoms with Gasteiger partial charge in [0.25, 0.3) is 5.91 Å². The third-order valence-corrected chi connectivity index (χ3v) is 10.3. The second-order valence-electron chi connectivity index (χ2n) is 9.67. The predicted molar refractivity (Wildman–Crippen MR) is 146 cm³/mol. The van der Waals surface area contributed by atoms with Crippen molar-refractivity contribution in [3.63, 3.8) is 0 Å². The quantitative estimate of drug-likeness (QED) is 0.277. The molecule has 2 N–H and O–H groups in total. The number of ether oxygens (including phenoxy) is 1. The zero-order chi connectivity index (χ0) is 25.7. The van der Waals surface area contributed by atoms with Crippen LogP contribution in [-0.4, -0.2) is 75.4 Å². The molecule has 192 valence electrons. The fraction of sp³-hybridized carbons (Fsp3) is 0.375. The Morgan fingerprint density at radius 2 is 2.03 bits per heavy atom. The van der Waals surface area contributed by atoms with Crippen molar-refractivity contribution >= 4 is 62.8 Å². The number of thiophene rings is 1. The first-order chi connectivity index (χ1) is 17.8. The Morgan fingerprint density at radius 1 is 1.22 bits per heavy atom. The summed E-state index contributed by atoms with van der Waals surface area (Å²) < 4.78 is 19.4. The average molecular weight is 558 g/mol. The van der Waals surface area contributed by atoms with Crippen molar-refractivity contribution in [3.05, 3.63) is 40.3 Å². The molecular formula is C24H25ClN7O3PS. The van der Waals surface area contributed by atoms with Gasteiger partial charge >= 0.3 is 0 Å². The number of hydrogen-bond acceptors (Lipinski definition) is 10. The van der Waals surface area contributed by atoms with Crippen LogP contribution in [0, 0.1) is 0 Å². The molecule has 0 aliphatic carbocycles. The summed E-state index contributed by atoms with van der Waals surface area (Å²) in [6.07, 6.45) is 4.61. The average Bonchev–Trinajstić information content (AvgIpc) is 3.18. The first-order valence-corrected chi connectivity index (χ1v) is 15.7. The van der Waals surface area contributed by atoms with E-state index in [4.69, 9.17) is 16.3 Å².